The number of phosphoric acid groups is 2. The molecule has 0 rings (SSSR count). The van der Waals surface area contributed by atoms with E-state index in [-0.39, 0.29) is 25.7 Å². The fourth-order valence-corrected chi connectivity index (χ4v) is 10.7. The van der Waals surface area contributed by atoms with Crippen LogP contribution in [0, 0.1) is 17.8 Å². The second kappa shape index (κ2) is 53.5. The Morgan fingerprint density at radius 1 is 0.358 bits per heavy atom. The molecule has 6 atom stereocenters. The van der Waals surface area contributed by atoms with E-state index in [4.69, 9.17) is 37.0 Å². The average molecular weight is 1200 g/mol. The molecule has 0 aromatic carbocycles. The van der Waals surface area contributed by atoms with Gasteiger partial charge in [-0.1, -0.05) is 248 Å². The summed E-state index contributed by atoms with van der Waals surface area (Å²) in [6.07, 6.45) is 33.7. The topological polar surface area (TPSA) is 237 Å². The van der Waals surface area contributed by atoms with E-state index in [1.807, 2.05) is 0 Å². The van der Waals surface area contributed by atoms with Crippen LogP contribution in [0.2, 0.25) is 0 Å². The smallest absolute Gasteiger partial charge is 0.462 e. The van der Waals surface area contributed by atoms with Gasteiger partial charge in [0.2, 0.25) is 0 Å². The Hall–Kier alpha value is -1.94. The molecule has 81 heavy (non-hydrogen) atoms. The SMILES string of the molecule is CCCCCCCCCC(=O)OC[C@H](COP(=O)(O)OC[C@H](O)COP(=O)(O)OC[C@@H](COC(=O)CCCCCCCCCCC(C)CC)OC(=O)CCCCCCCCCCCCC(C)C)OC(=O)CCCCCCCCC(C)C. The molecule has 3 N–H and O–H groups in total. The van der Waals surface area contributed by atoms with Gasteiger partial charge >= 0.3 is 39.5 Å². The van der Waals surface area contributed by atoms with Crippen LogP contribution in [-0.2, 0) is 65.4 Å². The Morgan fingerprint density at radius 3 is 0.938 bits per heavy atom. The summed E-state index contributed by atoms with van der Waals surface area (Å²) < 4.78 is 67.8. The number of phosphoric ester groups is 2. The van der Waals surface area contributed by atoms with Crippen molar-refractivity contribution in [3.05, 3.63) is 0 Å². The monoisotopic (exact) mass is 1200 g/mol. The molecular formula is C62H120O17P2. The van der Waals surface area contributed by atoms with E-state index < -0.39 is 97.5 Å². The number of rotatable bonds is 60. The molecule has 0 spiro atoms. The maximum Gasteiger partial charge on any atom is 0.472 e. The summed E-state index contributed by atoms with van der Waals surface area (Å²) in [6, 6.07) is 0. The Bertz CT molecular complexity index is 1620. The van der Waals surface area contributed by atoms with Crippen LogP contribution in [0.15, 0.2) is 0 Å². The molecule has 0 saturated carbocycles. The molecule has 17 nitrogen and oxygen atoms in total. The van der Waals surface area contributed by atoms with E-state index in [0.29, 0.717) is 31.6 Å². The van der Waals surface area contributed by atoms with Crippen molar-refractivity contribution in [2.24, 2.45) is 17.8 Å². The summed E-state index contributed by atoms with van der Waals surface area (Å²) >= 11 is 0. The molecule has 0 bridgehead atoms. The number of aliphatic hydroxyl groups excluding tert-OH is 1. The molecule has 0 heterocycles. The van der Waals surface area contributed by atoms with Gasteiger partial charge in [0, 0.05) is 25.7 Å². The quantitative estimate of drug-likeness (QED) is 0.0222. The van der Waals surface area contributed by atoms with Crippen molar-refractivity contribution in [2.75, 3.05) is 39.6 Å². The fourth-order valence-electron chi connectivity index (χ4n) is 9.09. The van der Waals surface area contributed by atoms with Crippen molar-refractivity contribution in [3.8, 4) is 0 Å². The van der Waals surface area contributed by atoms with Crippen molar-refractivity contribution in [1.29, 1.82) is 0 Å². The Balaban J connectivity index is 5.23. The summed E-state index contributed by atoms with van der Waals surface area (Å²) in [5.74, 6) is 0.0525. The van der Waals surface area contributed by atoms with E-state index >= 15 is 0 Å². The summed E-state index contributed by atoms with van der Waals surface area (Å²) in [5, 5.41) is 10.5. The highest BCUT2D eigenvalue weighted by Gasteiger charge is 2.30. The first-order valence-electron chi connectivity index (χ1n) is 32.4. The number of hydrogen-bond donors (Lipinski definition) is 3. The minimum atomic E-state index is -4.94. The first-order valence-corrected chi connectivity index (χ1v) is 35.4. The molecule has 480 valence electrons. The lowest BCUT2D eigenvalue weighted by Gasteiger charge is -2.21. The van der Waals surface area contributed by atoms with Crippen molar-refractivity contribution < 1.29 is 80.2 Å². The van der Waals surface area contributed by atoms with Crippen LogP contribution in [-0.4, -0.2) is 96.7 Å². The van der Waals surface area contributed by atoms with Crippen LogP contribution in [0.3, 0.4) is 0 Å². The van der Waals surface area contributed by atoms with Crippen molar-refractivity contribution in [1.82, 2.24) is 0 Å². The van der Waals surface area contributed by atoms with Crippen molar-refractivity contribution in [2.45, 2.75) is 317 Å². The highest BCUT2D eigenvalue weighted by atomic mass is 31.2. The summed E-state index contributed by atoms with van der Waals surface area (Å²) in [6.45, 7) is 11.6. The average Bonchev–Trinajstić information content (AvgIpc) is 3.42. The van der Waals surface area contributed by atoms with Gasteiger partial charge in [-0.05, 0) is 43.4 Å². The zero-order chi connectivity index (χ0) is 60.3. The molecule has 0 aliphatic carbocycles. The third kappa shape index (κ3) is 55.7. The minimum Gasteiger partial charge on any atom is -0.462 e. The minimum absolute atomic E-state index is 0.101. The highest BCUT2D eigenvalue weighted by Crippen LogP contribution is 2.45. The van der Waals surface area contributed by atoms with Gasteiger partial charge < -0.3 is 33.8 Å². The number of carbonyl (C=O) groups is 4. The van der Waals surface area contributed by atoms with Gasteiger partial charge in [-0.25, -0.2) is 9.13 Å². The van der Waals surface area contributed by atoms with E-state index in [1.54, 1.807) is 0 Å². The molecule has 0 aromatic rings. The number of esters is 4. The maximum atomic E-state index is 13.0. The van der Waals surface area contributed by atoms with E-state index in [1.165, 1.54) is 96.3 Å². The number of hydrogen-bond acceptors (Lipinski definition) is 15. The van der Waals surface area contributed by atoms with Crippen LogP contribution in [0.1, 0.15) is 299 Å². The number of ether oxygens (including phenoxy) is 4. The highest BCUT2D eigenvalue weighted by molar-refractivity contribution is 7.47. The van der Waals surface area contributed by atoms with Crippen LogP contribution in [0.5, 0.6) is 0 Å². The lowest BCUT2D eigenvalue weighted by molar-refractivity contribution is -0.161. The van der Waals surface area contributed by atoms with Gasteiger partial charge in [-0.3, -0.25) is 37.3 Å². The first-order chi connectivity index (χ1) is 38.8. The van der Waals surface area contributed by atoms with Crippen molar-refractivity contribution >= 4 is 39.5 Å². The first kappa shape index (κ1) is 79.1. The standard InChI is InChI=1S/C62H120O17P2/c1-8-10-11-12-19-29-36-43-59(64)72-49-58(79-62(67)46-39-32-25-24-27-34-41-54(5)6)52-77-81(70,71)75-48-56(63)47-74-80(68,69)76-51-57(50-73-60(65)44-37-30-22-18-17-21-28-35-42-55(7)9-2)78-61(66)45-38-31-23-16-14-13-15-20-26-33-40-53(3)4/h53-58,63H,8-52H2,1-7H3,(H,68,69)(H,70,71)/t55?,56-,57-,58-/m1/s1. The zero-order valence-corrected chi connectivity index (χ0v) is 54.0. The maximum absolute atomic E-state index is 13.0. The van der Waals surface area contributed by atoms with Gasteiger partial charge in [-0.15, -0.1) is 0 Å². The van der Waals surface area contributed by atoms with Crippen LogP contribution >= 0.6 is 15.6 Å². The molecule has 0 aromatic heterocycles. The van der Waals surface area contributed by atoms with Crippen molar-refractivity contribution in [3.63, 3.8) is 0 Å². The Labute approximate surface area is 492 Å². The predicted octanol–water partition coefficient (Wildman–Crippen LogP) is 16.7. The third-order valence-electron chi connectivity index (χ3n) is 14.5. The molecule has 0 radical (unpaired) electrons. The summed E-state index contributed by atoms with van der Waals surface area (Å²) in [4.78, 5) is 72.0. The third-order valence-corrected chi connectivity index (χ3v) is 16.4. The van der Waals surface area contributed by atoms with Gasteiger partial charge in [-0.2, -0.15) is 0 Å². The second-order valence-electron chi connectivity index (χ2n) is 23.6. The molecule has 0 aliphatic heterocycles. The zero-order valence-electron chi connectivity index (χ0n) is 52.2. The van der Waals surface area contributed by atoms with Gasteiger partial charge in [0.15, 0.2) is 12.2 Å². The molecular weight excluding hydrogens is 1080 g/mol. The lowest BCUT2D eigenvalue weighted by Crippen LogP contribution is -2.30. The summed E-state index contributed by atoms with van der Waals surface area (Å²) in [7, 11) is -9.88. The number of unbranched alkanes of at least 4 members (excludes halogenated alkanes) is 27. The molecule has 3 unspecified atom stereocenters. The summed E-state index contributed by atoms with van der Waals surface area (Å²) in [5.41, 5.74) is 0. The lowest BCUT2D eigenvalue weighted by atomic mass is 9.99. The van der Waals surface area contributed by atoms with Gasteiger partial charge in [0.05, 0.1) is 26.4 Å². The number of aliphatic hydroxyl groups is 1. The second-order valence-corrected chi connectivity index (χ2v) is 26.5. The Kier molecular flexibility index (Phi) is 52.2. The van der Waals surface area contributed by atoms with Crippen LogP contribution in [0.4, 0.5) is 0 Å². The fraction of sp³-hybridized carbons (Fsp3) is 0.935. The largest absolute Gasteiger partial charge is 0.472 e. The Morgan fingerprint density at radius 2 is 0.630 bits per heavy atom. The van der Waals surface area contributed by atoms with E-state index in [9.17, 15) is 43.2 Å². The van der Waals surface area contributed by atoms with Crippen LogP contribution < -0.4 is 0 Å². The molecule has 19 heteroatoms. The normalized spacial score (nSPS) is 14.8. The molecule has 0 saturated heterocycles. The molecule has 0 fully saturated rings. The van der Waals surface area contributed by atoms with E-state index in [0.717, 1.165) is 115 Å². The molecule has 0 amide bonds. The van der Waals surface area contributed by atoms with Gasteiger partial charge in [0.25, 0.3) is 0 Å². The van der Waals surface area contributed by atoms with Crippen LogP contribution in [0.25, 0.3) is 0 Å². The van der Waals surface area contributed by atoms with Gasteiger partial charge in [0.1, 0.15) is 19.3 Å². The predicted molar refractivity (Wildman–Crippen MR) is 321 cm³/mol. The molecule has 0 aliphatic rings. The van der Waals surface area contributed by atoms with E-state index in [2.05, 4.69) is 48.5 Å². The number of carbonyl (C=O) groups excluding carboxylic acids is 4.